The number of nitrogens with zero attached hydrogens (tertiary/aromatic N) is 1. The molecule has 5 nitrogen and oxygen atoms in total. The summed E-state index contributed by atoms with van der Waals surface area (Å²) in [4.78, 5) is 18.3. The number of hydrogen-bond donors (Lipinski definition) is 3. The van der Waals surface area contributed by atoms with Gasteiger partial charge in [-0.3, -0.25) is 0 Å². The van der Waals surface area contributed by atoms with Crippen LogP contribution in [0.1, 0.15) is 11.3 Å². The van der Waals surface area contributed by atoms with Crippen LogP contribution in [0.5, 0.6) is 0 Å². The van der Waals surface area contributed by atoms with Gasteiger partial charge in [0.2, 0.25) is 0 Å². The van der Waals surface area contributed by atoms with Gasteiger partial charge in [0.25, 0.3) is 0 Å². The van der Waals surface area contributed by atoms with E-state index >= 15 is 0 Å². The first-order chi connectivity index (χ1) is 8.84. The summed E-state index contributed by atoms with van der Waals surface area (Å²) in [5.41, 5.74) is 2.10. The van der Waals surface area contributed by atoms with Crippen LogP contribution in [0.15, 0.2) is 42.9 Å². The highest BCUT2D eigenvalue weighted by molar-refractivity contribution is 5.73. The molecular formula is C13H16N4O. The van der Waals surface area contributed by atoms with E-state index in [1.54, 1.807) is 12.5 Å². The molecule has 2 rings (SSSR count). The minimum Gasteiger partial charge on any atom is -0.347 e. The maximum atomic E-state index is 11.5. The third-order valence-corrected chi connectivity index (χ3v) is 2.54. The molecule has 2 amide bonds. The molecule has 0 atom stereocenters. The van der Waals surface area contributed by atoms with E-state index in [1.165, 1.54) is 5.56 Å². The number of aromatic nitrogens is 2. The molecule has 0 aliphatic heterocycles. The first kappa shape index (κ1) is 12.2. The minimum absolute atomic E-state index is 0.166. The molecule has 0 saturated carbocycles. The normalized spacial score (nSPS) is 10.0. The third kappa shape index (κ3) is 3.93. The molecule has 0 aliphatic carbocycles. The summed E-state index contributed by atoms with van der Waals surface area (Å²) in [6.45, 7) is 1.08. The van der Waals surface area contributed by atoms with Crippen molar-refractivity contribution < 1.29 is 4.79 Å². The fraction of sp³-hybridized carbons (Fsp3) is 0.231. The van der Waals surface area contributed by atoms with Crippen molar-refractivity contribution in [2.75, 3.05) is 6.54 Å². The van der Waals surface area contributed by atoms with Gasteiger partial charge < -0.3 is 15.6 Å². The molecule has 5 heteroatoms. The van der Waals surface area contributed by atoms with Gasteiger partial charge in [-0.05, 0) is 12.0 Å². The van der Waals surface area contributed by atoms with Gasteiger partial charge >= 0.3 is 6.03 Å². The number of nitrogens with one attached hydrogen (secondary N) is 3. The first-order valence-electron chi connectivity index (χ1n) is 5.87. The monoisotopic (exact) mass is 244 g/mol. The minimum atomic E-state index is -0.166. The van der Waals surface area contributed by atoms with Gasteiger partial charge in [-0.15, -0.1) is 0 Å². The van der Waals surface area contributed by atoms with Crippen molar-refractivity contribution in [2.24, 2.45) is 0 Å². The summed E-state index contributed by atoms with van der Waals surface area (Å²) in [7, 11) is 0. The number of imidazole rings is 1. The van der Waals surface area contributed by atoms with Gasteiger partial charge in [0.1, 0.15) is 0 Å². The second-order valence-corrected chi connectivity index (χ2v) is 3.92. The zero-order valence-electron chi connectivity index (χ0n) is 10.0. The Morgan fingerprint density at radius 1 is 1.22 bits per heavy atom. The smallest absolute Gasteiger partial charge is 0.315 e. The van der Waals surface area contributed by atoms with Crippen LogP contribution in [0.4, 0.5) is 4.79 Å². The number of benzene rings is 1. The highest BCUT2D eigenvalue weighted by Crippen LogP contribution is 1.98. The summed E-state index contributed by atoms with van der Waals surface area (Å²) < 4.78 is 0. The largest absolute Gasteiger partial charge is 0.347 e. The van der Waals surface area contributed by atoms with Gasteiger partial charge in [-0.1, -0.05) is 30.3 Å². The average Bonchev–Trinajstić information content (AvgIpc) is 2.91. The highest BCUT2D eigenvalue weighted by atomic mass is 16.2. The van der Waals surface area contributed by atoms with Crippen LogP contribution in [0.3, 0.4) is 0 Å². The van der Waals surface area contributed by atoms with Crippen LogP contribution in [0.2, 0.25) is 0 Å². The molecule has 0 bridgehead atoms. The third-order valence-electron chi connectivity index (χ3n) is 2.54. The van der Waals surface area contributed by atoms with Crippen molar-refractivity contribution in [3.8, 4) is 0 Å². The number of carbonyl (C=O) groups is 1. The predicted molar refractivity (Wildman–Crippen MR) is 69.0 cm³/mol. The predicted octanol–water partition coefficient (Wildman–Crippen LogP) is 1.45. The number of hydrogen-bond acceptors (Lipinski definition) is 2. The Bertz CT molecular complexity index is 467. The van der Waals surface area contributed by atoms with E-state index in [1.807, 2.05) is 30.3 Å². The second kappa shape index (κ2) is 6.44. The lowest BCUT2D eigenvalue weighted by Crippen LogP contribution is -2.36. The molecule has 1 heterocycles. The molecule has 0 fully saturated rings. The molecule has 0 saturated heterocycles. The maximum Gasteiger partial charge on any atom is 0.315 e. The topological polar surface area (TPSA) is 69.8 Å². The van der Waals surface area contributed by atoms with Gasteiger partial charge in [0.15, 0.2) is 0 Å². The number of carbonyl (C=O) groups excluding carboxylic acids is 1. The summed E-state index contributed by atoms with van der Waals surface area (Å²) in [6.07, 6.45) is 4.10. The number of urea groups is 1. The van der Waals surface area contributed by atoms with Crippen molar-refractivity contribution in [2.45, 2.75) is 13.0 Å². The van der Waals surface area contributed by atoms with E-state index < -0.39 is 0 Å². The number of rotatable bonds is 5. The molecule has 0 spiro atoms. The van der Waals surface area contributed by atoms with Gasteiger partial charge in [-0.25, -0.2) is 9.78 Å². The number of H-pyrrole nitrogens is 1. The van der Waals surface area contributed by atoms with E-state index in [4.69, 9.17) is 0 Å². The van der Waals surface area contributed by atoms with Crippen LogP contribution in [-0.4, -0.2) is 22.5 Å². The lowest BCUT2D eigenvalue weighted by Gasteiger charge is -2.06. The van der Waals surface area contributed by atoms with Gasteiger partial charge in [-0.2, -0.15) is 0 Å². The van der Waals surface area contributed by atoms with Crippen LogP contribution in [-0.2, 0) is 13.0 Å². The van der Waals surface area contributed by atoms with Gasteiger partial charge in [0.05, 0.1) is 18.6 Å². The Balaban J connectivity index is 1.63. The summed E-state index contributed by atoms with van der Waals surface area (Å²) in [5.74, 6) is 0. The molecule has 1 aromatic carbocycles. The van der Waals surface area contributed by atoms with Crippen LogP contribution >= 0.6 is 0 Å². The Morgan fingerprint density at radius 2 is 2.06 bits per heavy atom. The molecule has 0 aliphatic rings. The fourth-order valence-electron chi connectivity index (χ4n) is 1.58. The Hall–Kier alpha value is -2.30. The molecule has 94 valence electrons. The molecule has 0 radical (unpaired) electrons. The van der Waals surface area contributed by atoms with E-state index in [2.05, 4.69) is 20.6 Å². The van der Waals surface area contributed by atoms with E-state index in [9.17, 15) is 4.79 Å². The molecule has 2 aromatic rings. The Kier molecular flexibility index (Phi) is 4.35. The molecule has 3 N–H and O–H groups in total. The lowest BCUT2D eigenvalue weighted by molar-refractivity contribution is 0.240. The van der Waals surface area contributed by atoms with Crippen LogP contribution < -0.4 is 10.6 Å². The van der Waals surface area contributed by atoms with Crippen molar-refractivity contribution >= 4 is 6.03 Å². The van der Waals surface area contributed by atoms with E-state index in [0.717, 1.165) is 12.1 Å². The SMILES string of the molecule is O=C(NCCc1ccccc1)NCc1cnc[nH]1. The van der Waals surface area contributed by atoms with E-state index in [-0.39, 0.29) is 6.03 Å². The Labute approximate surface area is 106 Å². The Morgan fingerprint density at radius 3 is 2.78 bits per heavy atom. The average molecular weight is 244 g/mol. The molecule has 1 aromatic heterocycles. The molecular weight excluding hydrogens is 228 g/mol. The highest BCUT2D eigenvalue weighted by Gasteiger charge is 2.00. The van der Waals surface area contributed by atoms with Crippen molar-refractivity contribution in [3.05, 3.63) is 54.1 Å². The van der Waals surface area contributed by atoms with Crippen molar-refractivity contribution in [1.82, 2.24) is 20.6 Å². The first-order valence-corrected chi connectivity index (χ1v) is 5.87. The zero-order valence-corrected chi connectivity index (χ0v) is 10.0. The maximum absolute atomic E-state index is 11.5. The van der Waals surface area contributed by atoms with E-state index in [0.29, 0.717) is 13.1 Å². The van der Waals surface area contributed by atoms with Crippen LogP contribution in [0.25, 0.3) is 0 Å². The standard InChI is InChI=1S/C13H16N4O/c18-13(16-9-12-8-14-10-17-12)15-7-6-11-4-2-1-3-5-11/h1-5,8,10H,6-7,9H2,(H,14,17)(H2,15,16,18). The molecule has 18 heavy (non-hydrogen) atoms. The van der Waals surface area contributed by atoms with Crippen molar-refractivity contribution in [1.29, 1.82) is 0 Å². The summed E-state index contributed by atoms with van der Waals surface area (Å²) >= 11 is 0. The quantitative estimate of drug-likeness (QED) is 0.745. The molecule has 0 unspecified atom stereocenters. The summed E-state index contributed by atoms with van der Waals surface area (Å²) in [5, 5.41) is 5.56. The lowest BCUT2D eigenvalue weighted by atomic mass is 10.1. The number of amides is 2. The summed E-state index contributed by atoms with van der Waals surface area (Å²) in [6, 6.07) is 9.89. The van der Waals surface area contributed by atoms with Crippen molar-refractivity contribution in [3.63, 3.8) is 0 Å². The van der Waals surface area contributed by atoms with Crippen LogP contribution in [0, 0.1) is 0 Å². The number of aromatic amines is 1. The second-order valence-electron chi connectivity index (χ2n) is 3.92. The van der Waals surface area contributed by atoms with Gasteiger partial charge in [0, 0.05) is 12.7 Å². The fourth-order valence-corrected chi connectivity index (χ4v) is 1.58. The zero-order chi connectivity index (χ0) is 12.6.